The molecule has 1 unspecified atom stereocenters. The summed E-state index contributed by atoms with van der Waals surface area (Å²) in [6, 6.07) is 0. The van der Waals surface area contributed by atoms with E-state index in [4.69, 9.17) is 5.11 Å². The number of hydrogen-bond acceptors (Lipinski definition) is 5. The van der Waals surface area contributed by atoms with Crippen molar-refractivity contribution < 1.29 is 5.11 Å². The molecule has 0 bridgehead atoms. The quantitative estimate of drug-likeness (QED) is 0.578. The monoisotopic (exact) mass is 255 g/mol. The zero-order valence-corrected chi connectivity index (χ0v) is 11.5. The van der Waals surface area contributed by atoms with Gasteiger partial charge in [0.25, 0.3) is 0 Å². The van der Waals surface area contributed by atoms with Gasteiger partial charge in [0.15, 0.2) is 0 Å². The molecule has 0 aliphatic carbocycles. The van der Waals surface area contributed by atoms with Crippen molar-refractivity contribution in [2.45, 2.75) is 32.2 Å². The molecule has 0 saturated heterocycles. The molecule has 0 radical (unpaired) electrons. The number of aliphatic hydroxyl groups is 1. The summed E-state index contributed by atoms with van der Waals surface area (Å²) in [6.07, 6.45) is 2.90. The fourth-order valence-corrected chi connectivity index (χ4v) is 2.15. The molecule has 2 N–H and O–H groups in total. The van der Waals surface area contributed by atoms with Crippen LogP contribution in [0.2, 0.25) is 0 Å². The molecule has 0 amide bonds. The van der Waals surface area contributed by atoms with Crippen LogP contribution in [0.15, 0.2) is 11.2 Å². The first-order valence-electron chi connectivity index (χ1n) is 5.98. The highest BCUT2D eigenvalue weighted by Crippen LogP contribution is 2.22. The lowest BCUT2D eigenvalue weighted by atomic mass is 10.2. The Morgan fingerprint density at radius 1 is 1.53 bits per heavy atom. The van der Waals surface area contributed by atoms with E-state index >= 15 is 0 Å². The van der Waals surface area contributed by atoms with Crippen molar-refractivity contribution in [1.29, 1.82) is 0 Å². The molecule has 1 heterocycles. The second-order valence-electron chi connectivity index (χ2n) is 4.21. The molecule has 0 aliphatic heterocycles. The van der Waals surface area contributed by atoms with Crippen molar-refractivity contribution in [3.63, 3.8) is 0 Å². The summed E-state index contributed by atoms with van der Waals surface area (Å²) in [4.78, 5) is 8.71. The molecule has 0 aliphatic rings. The number of aromatic nitrogens is 2. The third-order valence-corrected chi connectivity index (χ3v) is 3.70. The first-order chi connectivity index (χ1) is 8.17. The molecule has 0 saturated carbocycles. The number of hydrogen-bond donors (Lipinski definition) is 2. The summed E-state index contributed by atoms with van der Waals surface area (Å²) < 4.78 is 0. The summed E-state index contributed by atoms with van der Waals surface area (Å²) in [7, 11) is 0. The maximum atomic E-state index is 8.99. The molecule has 0 aromatic carbocycles. The first-order valence-corrected chi connectivity index (χ1v) is 6.97. The average Bonchev–Trinajstić information content (AvgIpc) is 2.35. The average molecular weight is 255 g/mol. The fourth-order valence-electron chi connectivity index (χ4n) is 1.17. The van der Waals surface area contributed by atoms with Gasteiger partial charge in [-0.2, -0.15) is 0 Å². The number of nitrogens with one attached hydrogen (secondary N) is 1. The lowest BCUT2D eigenvalue weighted by molar-refractivity contribution is 0.250. The van der Waals surface area contributed by atoms with Gasteiger partial charge in [-0.3, -0.25) is 0 Å². The predicted octanol–water partition coefficient (Wildman–Crippen LogP) is 2.33. The molecule has 96 valence electrons. The van der Waals surface area contributed by atoms with E-state index in [1.54, 1.807) is 11.8 Å². The smallest absolute Gasteiger partial charge is 0.223 e. The van der Waals surface area contributed by atoms with Gasteiger partial charge < -0.3 is 10.4 Å². The summed E-state index contributed by atoms with van der Waals surface area (Å²) in [5.41, 5.74) is 1.09. The van der Waals surface area contributed by atoms with E-state index in [9.17, 15) is 0 Å². The lowest BCUT2D eigenvalue weighted by Gasteiger charge is -2.10. The van der Waals surface area contributed by atoms with Crippen molar-refractivity contribution in [3.8, 4) is 0 Å². The maximum Gasteiger partial charge on any atom is 0.223 e. The van der Waals surface area contributed by atoms with Crippen LogP contribution >= 0.6 is 11.8 Å². The minimum atomic E-state index is 0.220. The normalized spacial score (nSPS) is 12.5. The van der Waals surface area contributed by atoms with Crippen LogP contribution in [0.1, 0.15) is 25.8 Å². The molecule has 1 rings (SSSR count). The molecule has 5 heteroatoms. The van der Waals surface area contributed by atoms with Gasteiger partial charge in [-0.05, 0) is 24.8 Å². The molecule has 4 nitrogen and oxygen atoms in total. The van der Waals surface area contributed by atoms with E-state index in [1.807, 2.05) is 20.0 Å². The van der Waals surface area contributed by atoms with Gasteiger partial charge in [0.1, 0.15) is 5.03 Å². The minimum Gasteiger partial charge on any atom is -0.396 e. The van der Waals surface area contributed by atoms with Crippen LogP contribution < -0.4 is 5.32 Å². The van der Waals surface area contributed by atoms with Crippen LogP contribution in [-0.2, 0) is 0 Å². The van der Waals surface area contributed by atoms with Crippen molar-refractivity contribution in [1.82, 2.24) is 9.97 Å². The van der Waals surface area contributed by atoms with Crippen molar-refractivity contribution in [2.75, 3.05) is 24.2 Å². The zero-order valence-electron chi connectivity index (χ0n) is 10.7. The Labute approximate surface area is 107 Å². The molecule has 1 aromatic heterocycles. The highest BCUT2D eigenvalue weighted by molar-refractivity contribution is 7.99. The Kier molecular flexibility index (Phi) is 6.29. The van der Waals surface area contributed by atoms with Gasteiger partial charge in [0, 0.05) is 25.1 Å². The van der Waals surface area contributed by atoms with Crippen molar-refractivity contribution >= 4 is 17.7 Å². The fraction of sp³-hybridized carbons (Fsp3) is 0.667. The van der Waals surface area contributed by atoms with Crippen molar-refractivity contribution in [2.24, 2.45) is 5.92 Å². The first kappa shape index (κ1) is 14.3. The van der Waals surface area contributed by atoms with Gasteiger partial charge in [-0.25, -0.2) is 9.97 Å². The highest BCUT2D eigenvalue weighted by Gasteiger charge is 2.07. The molecule has 0 fully saturated rings. The van der Waals surface area contributed by atoms with Gasteiger partial charge >= 0.3 is 0 Å². The highest BCUT2D eigenvalue weighted by atomic mass is 32.2. The Hall–Kier alpha value is -0.810. The predicted molar refractivity (Wildman–Crippen MR) is 72.5 cm³/mol. The topological polar surface area (TPSA) is 58.0 Å². The summed E-state index contributed by atoms with van der Waals surface area (Å²) in [5.74, 6) is 1.86. The van der Waals surface area contributed by atoms with Gasteiger partial charge in [0.05, 0.1) is 0 Å². The second kappa shape index (κ2) is 7.50. The largest absolute Gasteiger partial charge is 0.396 e. The summed E-state index contributed by atoms with van der Waals surface area (Å²) in [5, 5.41) is 13.2. The molecule has 1 aromatic rings. The van der Waals surface area contributed by atoms with E-state index in [1.165, 1.54) is 0 Å². The summed E-state index contributed by atoms with van der Waals surface area (Å²) >= 11 is 1.68. The van der Waals surface area contributed by atoms with Crippen LogP contribution in [0.4, 0.5) is 5.95 Å². The van der Waals surface area contributed by atoms with Crippen LogP contribution in [0.5, 0.6) is 0 Å². The molecule has 0 spiro atoms. The second-order valence-corrected chi connectivity index (χ2v) is 5.22. The third kappa shape index (κ3) is 4.91. The number of aryl methyl sites for hydroxylation is 1. The van der Waals surface area contributed by atoms with E-state index in [0.29, 0.717) is 11.9 Å². The Morgan fingerprint density at radius 3 is 2.94 bits per heavy atom. The van der Waals surface area contributed by atoms with E-state index in [0.717, 1.165) is 29.3 Å². The summed E-state index contributed by atoms with van der Waals surface area (Å²) in [6.45, 7) is 7.26. The molecule has 1 atom stereocenters. The molecular formula is C12H21N3OS. The van der Waals surface area contributed by atoms with Gasteiger partial charge in [0.2, 0.25) is 5.95 Å². The van der Waals surface area contributed by atoms with E-state index in [-0.39, 0.29) is 6.61 Å². The van der Waals surface area contributed by atoms with Crippen LogP contribution in [-0.4, -0.2) is 34.0 Å². The SMILES string of the molecule is CCCNc1ncc(C)c(SCC(C)CO)n1. The molecule has 17 heavy (non-hydrogen) atoms. The Balaban J connectivity index is 2.62. The Bertz CT molecular complexity index is 347. The number of thioether (sulfide) groups is 1. The van der Waals surface area contributed by atoms with E-state index < -0.39 is 0 Å². The maximum absolute atomic E-state index is 8.99. The lowest BCUT2D eigenvalue weighted by Crippen LogP contribution is -2.07. The Morgan fingerprint density at radius 2 is 2.29 bits per heavy atom. The molecular weight excluding hydrogens is 234 g/mol. The third-order valence-electron chi connectivity index (χ3n) is 2.27. The number of nitrogens with zero attached hydrogens (tertiary/aromatic N) is 2. The minimum absolute atomic E-state index is 0.220. The number of anilines is 1. The standard InChI is InChI=1S/C12H21N3OS/c1-4-5-13-12-14-6-10(3)11(15-12)17-8-9(2)7-16/h6,9,16H,4-5,7-8H2,1-3H3,(H,13,14,15). The number of aliphatic hydroxyl groups excluding tert-OH is 1. The number of rotatable bonds is 7. The van der Waals surface area contributed by atoms with Crippen LogP contribution in [0.25, 0.3) is 0 Å². The zero-order chi connectivity index (χ0) is 12.7. The van der Waals surface area contributed by atoms with Crippen LogP contribution in [0, 0.1) is 12.8 Å². The van der Waals surface area contributed by atoms with E-state index in [2.05, 4.69) is 22.2 Å². The van der Waals surface area contributed by atoms with Gasteiger partial charge in [-0.1, -0.05) is 13.8 Å². The van der Waals surface area contributed by atoms with Gasteiger partial charge in [-0.15, -0.1) is 11.8 Å². The van der Waals surface area contributed by atoms with Crippen LogP contribution in [0.3, 0.4) is 0 Å². The van der Waals surface area contributed by atoms with Crippen molar-refractivity contribution in [3.05, 3.63) is 11.8 Å².